The summed E-state index contributed by atoms with van der Waals surface area (Å²) in [5.41, 5.74) is 8.72. The fraction of sp³-hybridized carbons (Fsp3) is 0.600. The summed E-state index contributed by atoms with van der Waals surface area (Å²) in [5, 5.41) is 4.13. The number of aryl methyl sites for hydroxylation is 1. The predicted octanol–water partition coefficient (Wildman–Crippen LogP) is 4.61. The molecule has 0 aromatic heterocycles. The van der Waals surface area contributed by atoms with E-state index in [0.29, 0.717) is 10.7 Å². The van der Waals surface area contributed by atoms with Crippen molar-refractivity contribution in [3.63, 3.8) is 0 Å². The van der Waals surface area contributed by atoms with Gasteiger partial charge in [0, 0.05) is 12.2 Å². The van der Waals surface area contributed by atoms with Gasteiger partial charge in [-0.1, -0.05) is 43.7 Å². The van der Waals surface area contributed by atoms with Crippen LogP contribution < -0.4 is 11.1 Å². The quantitative estimate of drug-likeness (QED) is 0.781. The Bertz CT molecular complexity index is 398. The van der Waals surface area contributed by atoms with E-state index < -0.39 is 0 Å². The average Bonchev–Trinajstić information content (AvgIpc) is 2.37. The van der Waals surface area contributed by atoms with E-state index in [2.05, 4.69) is 12.2 Å². The molecule has 0 aliphatic heterocycles. The topological polar surface area (TPSA) is 38.0 Å². The van der Waals surface area contributed by atoms with Crippen molar-refractivity contribution in [2.45, 2.75) is 45.4 Å². The van der Waals surface area contributed by atoms with Gasteiger partial charge < -0.3 is 11.1 Å². The smallest absolute Gasteiger partial charge is 0.0656 e. The first-order valence-electron chi connectivity index (χ1n) is 6.96. The van der Waals surface area contributed by atoms with Crippen molar-refractivity contribution in [2.75, 3.05) is 17.6 Å². The van der Waals surface area contributed by atoms with Crippen LogP contribution in [-0.2, 0) is 0 Å². The molecule has 1 fully saturated rings. The standard InChI is InChI=1S/C15H23ClN2/c1-11-9-14(17)13(16)10-15(11)18-8-7-12-5-3-2-4-6-12/h9-10,12,18H,2-8,17H2,1H3. The van der Waals surface area contributed by atoms with Crippen LogP contribution in [0.15, 0.2) is 12.1 Å². The van der Waals surface area contributed by atoms with Gasteiger partial charge in [-0.25, -0.2) is 0 Å². The minimum Gasteiger partial charge on any atom is -0.398 e. The zero-order chi connectivity index (χ0) is 13.0. The molecule has 100 valence electrons. The highest BCUT2D eigenvalue weighted by Gasteiger charge is 2.12. The van der Waals surface area contributed by atoms with E-state index in [1.54, 1.807) is 0 Å². The van der Waals surface area contributed by atoms with Crippen molar-refractivity contribution in [1.82, 2.24) is 0 Å². The third kappa shape index (κ3) is 3.55. The van der Waals surface area contributed by atoms with Gasteiger partial charge in [0.1, 0.15) is 0 Å². The zero-order valence-corrected chi connectivity index (χ0v) is 11.9. The summed E-state index contributed by atoms with van der Waals surface area (Å²) >= 11 is 6.05. The summed E-state index contributed by atoms with van der Waals surface area (Å²) in [6.45, 7) is 3.10. The summed E-state index contributed by atoms with van der Waals surface area (Å²) in [7, 11) is 0. The first-order valence-corrected chi connectivity index (χ1v) is 7.34. The fourth-order valence-electron chi connectivity index (χ4n) is 2.78. The molecule has 0 bridgehead atoms. The number of anilines is 2. The van der Waals surface area contributed by atoms with Crippen LogP contribution in [0.2, 0.25) is 5.02 Å². The summed E-state index contributed by atoms with van der Waals surface area (Å²) < 4.78 is 0. The maximum absolute atomic E-state index is 6.05. The van der Waals surface area contributed by atoms with Crippen molar-refractivity contribution in [3.05, 3.63) is 22.7 Å². The first kappa shape index (κ1) is 13.5. The highest BCUT2D eigenvalue weighted by atomic mass is 35.5. The summed E-state index contributed by atoms with van der Waals surface area (Å²) in [6.07, 6.45) is 8.33. The maximum Gasteiger partial charge on any atom is 0.0656 e. The van der Waals surface area contributed by atoms with E-state index in [1.807, 2.05) is 12.1 Å². The molecular formula is C15H23ClN2. The highest BCUT2D eigenvalue weighted by molar-refractivity contribution is 6.33. The Labute approximate surface area is 115 Å². The molecule has 0 amide bonds. The lowest BCUT2D eigenvalue weighted by molar-refractivity contribution is 0.345. The lowest BCUT2D eigenvalue weighted by atomic mass is 9.87. The van der Waals surface area contributed by atoms with Gasteiger partial charge in [-0.2, -0.15) is 0 Å². The van der Waals surface area contributed by atoms with Gasteiger partial charge in [0.05, 0.1) is 10.7 Å². The minimum atomic E-state index is 0.640. The van der Waals surface area contributed by atoms with Crippen molar-refractivity contribution in [3.8, 4) is 0 Å². The molecule has 0 heterocycles. The molecular weight excluding hydrogens is 244 g/mol. The second kappa shape index (κ2) is 6.33. The van der Waals surface area contributed by atoms with E-state index in [-0.39, 0.29) is 0 Å². The number of hydrogen-bond donors (Lipinski definition) is 2. The van der Waals surface area contributed by atoms with Crippen LogP contribution >= 0.6 is 11.6 Å². The molecule has 2 rings (SSSR count). The van der Waals surface area contributed by atoms with Gasteiger partial charge in [-0.05, 0) is 37.0 Å². The Morgan fingerprint density at radius 2 is 2.00 bits per heavy atom. The number of nitrogen functional groups attached to an aromatic ring is 1. The third-order valence-electron chi connectivity index (χ3n) is 3.94. The van der Waals surface area contributed by atoms with Gasteiger partial charge in [0.25, 0.3) is 0 Å². The van der Waals surface area contributed by atoms with Gasteiger partial charge in [-0.15, -0.1) is 0 Å². The summed E-state index contributed by atoms with van der Waals surface area (Å²) in [5.74, 6) is 0.913. The maximum atomic E-state index is 6.05. The molecule has 3 heteroatoms. The SMILES string of the molecule is Cc1cc(N)c(Cl)cc1NCCC1CCCCC1. The molecule has 2 nitrogen and oxygen atoms in total. The van der Waals surface area contributed by atoms with Crippen LogP contribution in [-0.4, -0.2) is 6.54 Å². The molecule has 1 saturated carbocycles. The molecule has 3 N–H and O–H groups in total. The van der Waals surface area contributed by atoms with Crippen molar-refractivity contribution < 1.29 is 0 Å². The van der Waals surface area contributed by atoms with Crippen molar-refractivity contribution in [2.24, 2.45) is 5.92 Å². The predicted molar refractivity (Wildman–Crippen MR) is 80.3 cm³/mol. The third-order valence-corrected chi connectivity index (χ3v) is 4.26. The monoisotopic (exact) mass is 266 g/mol. The normalized spacial score (nSPS) is 16.8. The Balaban J connectivity index is 1.84. The van der Waals surface area contributed by atoms with Crippen LogP contribution in [0.5, 0.6) is 0 Å². The van der Waals surface area contributed by atoms with Crippen molar-refractivity contribution in [1.29, 1.82) is 0 Å². The molecule has 1 aromatic carbocycles. The van der Waals surface area contributed by atoms with E-state index in [4.69, 9.17) is 17.3 Å². The lowest BCUT2D eigenvalue weighted by Crippen LogP contribution is -2.12. The Morgan fingerprint density at radius 1 is 1.28 bits per heavy atom. The number of hydrogen-bond acceptors (Lipinski definition) is 2. The van der Waals surface area contributed by atoms with Crippen LogP contribution in [0.1, 0.15) is 44.1 Å². The molecule has 18 heavy (non-hydrogen) atoms. The molecule has 0 unspecified atom stereocenters. The number of rotatable bonds is 4. The van der Waals surface area contributed by atoms with Crippen LogP contribution in [0.25, 0.3) is 0 Å². The van der Waals surface area contributed by atoms with Gasteiger partial charge in [0.15, 0.2) is 0 Å². The number of benzene rings is 1. The summed E-state index contributed by atoms with van der Waals surface area (Å²) in [6, 6.07) is 3.87. The van der Waals surface area contributed by atoms with Gasteiger partial charge in [-0.3, -0.25) is 0 Å². The number of nitrogens with one attached hydrogen (secondary N) is 1. The fourth-order valence-corrected chi connectivity index (χ4v) is 2.94. The minimum absolute atomic E-state index is 0.640. The molecule has 1 aliphatic rings. The largest absolute Gasteiger partial charge is 0.398 e. The lowest BCUT2D eigenvalue weighted by Gasteiger charge is -2.22. The molecule has 0 spiro atoms. The average molecular weight is 267 g/mol. The van der Waals surface area contributed by atoms with Gasteiger partial charge in [0.2, 0.25) is 0 Å². The Kier molecular flexibility index (Phi) is 4.76. The van der Waals surface area contributed by atoms with E-state index in [9.17, 15) is 0 Å². The van der Waals surface area contributed by atoms with E-state index in [0.717, 1.165) is 18.2 Å². The van der Waals surface area contributed by atoms with E-state index in [1.165, 1.54) is 44.1 Å². The Morgan fingerprint density at radius 3 is 2.72 bits per heavy atom. The second-order valence-electron chi connectivity index (χ2n) is 5.41. The van der Waals surface area contributed by atoms with Crippen molar-refractivity contribution >= 4 is 23.0 Å². The summed E-state index contributed by atoms with van der Waals surface area (Å²) in [4.78, 5) is 0. The first-order chi connectivity index (χ1) is 8.66. The Hall–Kier alpha value is -0.890. The van der Waals surface area contributed by atoms with Crippen LogP contribution in [0, 0.1) is 12.8 Å². The molecule has 1 aliphatic carbocycles. The molecule has 0 radical (unpaired) electrons. The van der Waals surface area contributed by atoms with Crippen LogP contribution in [0.4, 0.5) is 11.4 Å². The second-order valence-corrected chi connectivity index (χ2v) is 5.82. The molecule has 0 saturated heterocycles. The highest BCUT2D eigenvalue weighted by Crippen LogP contribution is 2.28. The number of nitrogens with two attached hydrogens (primary N) is 1. The number of halogens is 1. The molecule has 0 atom stereocenters. The van der Waals surface area contributed by atoms with Crippen LogP contribution in [0.3, 0.4) is 0 Å². The van der Waals surface area contributed by atoms with Gasteiger partial charge >= 0.3 is 0 Å². The molecule has 1 aromatic rings. The van der Waals surface area contributed by atoms with E-state index >= 15 is 0 Å². The zero-order valence-electron chi connectivity index (χ0n) is 11.1.